The number of hydrogen-bond donors (Lipinski definition) is 2. The Morgan fingerprint density at radius 1 is 1.45 bits per heavy atom. The van der Waals surface area contributed by atoms with Crippen molar-refractivity contribution in [2.45, 2.75) is 32.6 Å². The van der Waals surface area contributed by atoms with Gasteiger partial charge in [0.15, 0.2) is 0 Å². The molecule has 6 nitrogen and oxygen atoms in total. The maximum Gasteiger partial charge on any atom is 0.234 e. The molecule has 110 valence electrons. The number of carbonyl (C=O) groups is 1. The van der Waals surface area contributed by atoms with Crippen molar-refractivity contribution in [2.24, 2.45) is 5.73 Å². The van der Waals surface area contributed by atoms with E-state index in [9.17, 15) is 4.79 Å². The number of rotatable bonds is 4. The van der Waals surface area contributed by atoms with Crippen molar-refractivity contribution >= 4 is 11.7 Å². The fourth-order valence-electron chi connectivity index (χ4n) is 2.35. The molecule has 1 amide bonds. The molecule has 2 heterocycles. The quantitative estimate of drug-likeness (QED) is 0.826. The Balaban J connectivity index is 1.95. The number of ether oxygens (including phenoxy) is 1. The van der Waals surface area contributed by atoms with Crippen LogP contribution in [0.4, 0.5) is 5.82 Å². The normalized spacial score (nSPS) is 22.6. The Kier molecular flexibility index (Phi) is 4.92. The van der Waals surface area contributed by atoms with Gasteiger partial charge >= 0.3 is 0 Å². The molecule has 20 heavy (non-hydrogen) atoms. The van der Waals surface area contributed by atoms with Crippen LogP contribution in [0.25, 0.3) is 0 Å². The molecule has 0 saturated carbocycles. The molecule has 1 fully saturated rings. The molecule has 2 atom stereocenters. The molecule has 2 rings (SSSR count). The Morgan fingerprint density at radius 3 is 2.70 bits per heavy atom. The van der Waals surface area contributed by atoms with Crippen LogP contribution in [-0.4, -0.2) is 42.7 Å². The van der Waals surface area contributed by atoms with Gasteiger partial charge in [-0.25, -0.2) is 4.98 Å². The molecule has 1 aromatic rings. The summed E-state index contributed by atoms with van der Waals surface area (Å²) in [6.07, 6.45) is 2.21. The van der Waals surface area contributed by atoms with E-state index in [1.165, 1.54) is 0 Å². The third kappa shape index (κ3) is 3.91. The van der Waals surface area contributed by atoms with E-state index in [-0.39, 0.29) is 24.7 Å². The number of nitrogens with one attached hydrogen (secondary N) is 1. The zero-order chi connectivity index (χ0) is 14.5. The molecule has 1 saturated heterocycles. The van der Waals surface area contributed by atoms with Gasteiger partial charge in [0.1, 0.15) is 5.82 Å². The Morgan fingerprint density at radius 2 is 2.15 bits per heavy atom. The third-order valence-corrected chi connectivity index (χ3v) is 3.23. The van der Waals surface area contributed by atoms with Gasteiger partial charge in [0, 0.05) is 25.8 Å². The summed E-state index contributed by atoms with van der Waals surface area (Å²) in [4.78, 5) is 17.8. The minimum absolute atomic E-state index is 0.00899. The van der Waals surface area contributed by atoms with Crippen molar-refractivity contribution in [3.8, 4) is 0 Å². The van der Waals surface area contributed by atoms with E-state index in [2.05, 4.69) is 29.0 Å². The molecule has 1 aliphatic rings. The third-order valence-electron chi connectivity index (χ3n) is 3.23. The van der Waals surface area contributed by atoms with Gasteiger partial charge in [0.2, 0.25) is 5.91 Å². The first-order valence-electron chi connectivity index (χ1n) is 6.90. The number of morpholine rings is 1. The molecule has 1 aromatic heterocycles. The lowest BCUT2D eigenvalue weighted by Crippen LogP contribution is -2.45. The number of anilines is 1. The van der Waals surface area contributed by atoms with E-state index < -0.39 is 0 Å². The first-order valence-corrected chi connectivity index (χ1v) is 6.90. The van der Waals surface area contributed by atoms with E-state index in [4.69, 9.17) is 10.5 Å². The summed E-state index contributed by atoms with van der Waals surface area (Å²) in [6.45, 7) is 6.30. The summed E-state index contributed by atoms with van der Waals surface area (Å²) in [5.41, 5.74) is 6.20. The van der Waals surface area contributed by atoms with Crippen LogP contribution in [0, 0.1) is 0 Å². The molecule has 6 heteroatoms. The first kappa shape index (κ1) is 14.7. The van der Waals surface area contributed by atoms with Gasteiger partial charge in [-0.2, -0.15) is 0 Å². The van der Waals surface area contributed by atoms with Crippen molar-refractivity contribution in [3.05, 3.63) is 23.9 Å². The second kappa shape index (κ2) is 6.67. The van der Waals surface area contributed by atoms with Crippen LogP contribution in [0.5, 0.6) is 0 Å². The van der Waals surface area contributed by atoms with Gasteiger partial charge in [0.05, 0.1) is 18.8 Å². The molecular formula is C14H22N4O2. The number of nitrogens with zero attached hydrogens (tertiary/aromatic N) is 2. The highest BCUT2D eigenvalue weighted by Gasteiger charge is 2.22. The van der Waals surface area contributed by atoms with Gasteiger partial charge in [-0.3, -0.25) is 4.79 Å². The summed E-state index contributed by atoms with van der Waals surface area (Å²) in [5, 5.41) is 2.72. The summed E-state index contributed by atoms with van der Waals surface area (Å²) in [6, 6.07) is 3.96. The van der Waals surface area contributed by atoms with Crippen LogP contribution < -0.4 is 16.0 Å². The standard InChI is InChI=1S/C14H22N4O2/c1-10-8-18(9-11(2)20-10)13-4-3-12(6-16-13)7-17-14(19)5-15/h3-4,6,10-11H,5,7-9,15H2,1-2H3,(H,17,19). The zero-order valence-corrected chi connectivity index (χ0v) is 12.0. The van der Waals surface area contributed by atoms with Crippen LogP contribution in [0.1, 0.15) is 19.4 Å². The lowest BCUT2D eigenvalue weighted by molar-refractivity contribution is -0.119. The van der Waals surface area contributed by atoms with Crippen molar-refractivity contribution in [1.82, 2.24) is 10.3 Å². The number of nitrogens with two attached hydrogens (primary N) is 1. The van der Waals surface area contributed by atoms with Crippen molar-refractivity contribution in [1.29, 1.82) is 0 Å². The van der Waals surface area contributed by atoms with E-state index in [1.54, 1.807) is 6.20 Å². The maximum atomic E-state index is 11.1. The summed E-state index contributed by atoms with van der Waals surface area (Å²) in [7, 11) is 0. The van der Waals surface area contributed by atoms with Crippen LogP contribution in [0.3, 0.4) is 0 Å². The number of amides is 1. The Labute approximate surface area is 119 Å². The lowest BCUT2D eigenvalue weighted by atomic mass is 10.2. The van der Waals surface area contributed by atoms with Crippen molar-refractivity contribution in [2.75, 3.05) is 24.5 Å². The molecule has 0 aromatic carbocycles. The van der Waals surface area contributed by atoms with Gasteiger partial charge < -0.3 is 20.7 Å². The molecule has 1 aliphatic heterocycles. The molecule has 0 aliphatic carbocycles. The predicted molar refractivity (Wildman–Crippen MR) is 77.4 cm³/mol. The topological polar surface area (TPSA) is 80.5 Å². The summed E-state index contributed by atoms with van der Waals surface area (Å²) < 4.78 is 5.71. The smallest absolute Gasteiger partial charge is 0.234 e. The summed E-state index contributed by atoms with van der Waals surface area (Å²) in [5.74, 6) is 0.783. The monoisotopic (exact) mass is 278 g/mol. The minimum Gasteiger partial charge on any atom is -0.372 e. The molecule has 2 unspecified atom stereocenters. The molecule has 0 radical (unpaired) electrons. The average molecular weight is 278 g/mol. The highest BCUT2D eigenvalue weighted by atomic mass is 16.5. The van der Waals surface area contributed by atoms with Gasteiger partial charge in [-0.15, -0.1) is 0 Å². The fourth-order valence-corrected chi connectivity index (χ4v) is 2.35. The Bertz CT molecular complexity index is 439. The van der Waals surface area contributed by atoms with E-state index >= 15 is 0 Å². The van der Waals surface area contributed by atoms with E-state index in [0.717, 1.165) is 24.5 Å². The number of aromatic nitrogens is 1. The second-order valence-electron chi connectivity index (χ2n) is 5.17. The highest BCUT2D eigenvalue weighted by Crippen LogP contribution is 2.18. The van der Waals surface area contributed by atoms with Crippen molar-refractivity contribution < 1.29 is 9.53 Å². The molecule has 0 bridgehead atoms. The van der Waals surface area contributed by atoms with Gasteiger partial charge in [-0.05, 0) is 25.5 Å². The van der Waals surface area contributed by atoms with Crippen molar-refractivity contribution in [3.63, 3.8) is 0 Å². The number of pyridine rings is 1. The molecule has 0 spiro atoms. The van der Waals surface area contributed by atoms with Gasteiger partial charge in [-0.1, -0.05) is 6.07 Å². The predicted octanol–water partition coefficient (Wildman–Crippen LogP) is 0.270. The SMILES string of the molecule is CC1CN(c2ccc(CNC(=O)CN)cn2)CC(C)O1. The number of hydrogen-bond acceptors (Lipinski definition) is 5. The zero-order valence-electron chi connectivity index (χ0n) is 12.0. The average Bonchev–Trinajstić information content (AvgIpc) is 2.44. The molecular weight excluding hydrogens is 256 g/mol. The van der Waals surface area contributed by atoms with Crippen LogP contribution in [0.15, 0.2) is 18.3 Å². The van der Waals surface area contributed by atoms with Crippen LogP contribution in [-0.2, 0) is 16.1 Å². The van der Waals surface area contributed by atoms with E-state index in [1.807, 2.05) is 12.1 Å². The second-order valence-corrected chi connectivity index (χ2v) is 5.17. The first-order chi connectivity index (χ1) is 9.58. The summed E-state index contributed by atoms with van der Waals surface area (Å²) >= 11 is 0. The maximum absolute atomic E-state index is 11.1. The van der Waals surface area contributed by atoms with Crippen LogP contribution in [0.2, 0.25) is 0 Å². The highest BCUT2D eigenvalue weighted by molar-refractivity contribution is 5.77. The lowest BCUT2D eigenvalue weighted by Gasteiger charge is -2.36. The van der Waals surface area contributed by atoms with Gasteiger partial charge in [0.25, 0.3) is 0 Å². The number of carbonyl (C=O) groups excluding carboxylic acids is 1. The van der Waals surface area contributed by atoms with E-state index in [0.29, 0.717) is 6.54 Å². The largest absolute Gasteiger partial charge is 0.372 e. The molecule has 3 N–H and O–H groups in total. The minimum atomic E-state index is -0.162. The van der Waals surface area contributed by atoms with Crippen LogP contribution >= 0.6 is 0 Å². The fraction of sp³-hybridized carbons (Fsp3) is 0.571. The Hall–Kier alpha value is -1.66.